The van der Waals surface area contributed by atoms with Crippen LogP contribution in [0.3, 0.4) is 0 Å². The molecule has 0 saturated heterocycles. The molecule has 0 bridgehead atoms. The predicted molar refractivity (Wildman–Crippen MR) is 384 cm³/mol. The van der Waals surface area contributed by atoms with Crippen molar-refractivity contribution >= 4 is 79.4 Å². The Morgan fingerprint density at radius 1 is 0.439 bits per heavy atom. The maximum absolute atomic E-state index is 12.9. The SMILES string of the molecule is C=C(C)C(=O)OCCOC.C=Cc1ccccc1.CC(C)(Br)C(=O)OCCO.CC(C)(CC(Br)c1ccccc1)C(=O)OCCO.COCCOCCOCCOCCOCCOCCOCCOCCOCCOC(=O)C(C)(Cl)CC(CC(C)(C)C(=O)OCCO)c1ccccc1. The molecule has 0 fully saturated rings. The van der Waals surface area contributed by atoms with E-state index >= 15 is 0 Å². The van der Waals surface area contributed by atoms with E-state index in [1.165, 1.54) is 5.56 Å². The summed E-state index contributed by atoms with van der Waals surface area (Å²) in [5, 5.41) is 26.0. The van der Waals surface area contributed by atoms with Crippen LogP contribution in [0.15, 0.2) is 110 Å². The highest BCUT2D eigenvalue weighted by atomic mass is 79.9. The van der Waals surface area contributed by atoms with Crippen molar-refractivity contribution in [3.63, 3.8) is 0 Å². The molecule has 3 aromatic rings. The number of esters is 5. The lowest BCUT2D eigenvalue weighted by Gasteiger charge is -2.32. The number of benzene rings is 3. The first kappa shape index (κ1) is 95.3. The number of carbonyl (C=O) groups is 5. The Balaban J connectivity index is 0. The minimum absolute atomic E-state index is 0.0422. The Hall–Kier alpha value is -4.78. The lowest BCUT2D eigenvalue weighted by atomic mass is 9.76. The van der Waals surface area contributed by atoms with Crippen molar-refractivity contribution in [3.05, 3.63) is 126 Å². The van der Waals surface area contributed by atoms with Gasteiger partial charge in [-0.05, 0) is 97.3 Å². The first-order valence-corrected chi connectivity index (χ1v) is 34.5. The molecule has 3 aromatic carbocycles. The van der Waals surface area contributed by atoms with E-state index in [1.54, 1.807) is 55.8 Å². The highest BCUT2D eigenvalue weighted by molar-refractivity contribution is 9.10. The smallest absolute Gasteiger partial charge is 0.333 e. The van der Waals surface area contributed by atoms with Gasteiger partial charge >= 0.3 is 29.8 Å². The predicted octanol–water partition coefficient (Wildman–Crippen LogP) is 10.3. The van der Waals surface area contributed by atoms with Crippen molar-refractivity contribution in [2.45, 2.75) is 94.6 Å². The number of hydrogen-bond donors (Lipinski definition) is 3. The molecule has 0 amide bonds. The van der Waals surface area contributed by atoms with Crippen LogP contribution in [0.2, 0.25) is 0 Å². The van der Waals surface area contributed by atoms with Gasteiger partial charge in [-0.25, -0.2) is 4.79 Å². The molecule has 0 radical (unpaired) electrons. The summed E-state index contributed by atoms with van der Waals surface area (Å²) in [6.45, 7) is 29.0. The number of carbonyl (C=O) groups excluding carboxylic acids is 5. The molecule has 0 saturated carbocycles. The molecule has 23 nitrogen and oxygen atoms in total. The molecule has 0 spiro atoms. The molecule has 0 aliphatic carbocycles. The van der Waals surface area contributed by atoms with Crippen LogP contribution in [0.5, 0.6) is 0 Å². The summed E-state index contributed by atoms with van der Waals surface area (Å²) in [5.74, 6) is -2.22. The van der Waals surface area contributed by atoms with E-state index < -0.39 is 32.0 Å². The molecule has 26 heteroatoms. The van der Waals surface area contributed by atoms with Gasteiger partial charge in [-0.2, -0.15) is 0 Å². The molecule has 0 aliphatic heterocycles. The van der Waals surface area contributed by atoms with Crippen LogP contribution in [-0.2, 0) is 95.0 Å². The van der Waals surface area contributed by atoms with Gasteiger partial charge in [-0.1, -0.05) is 142 Å². The summed E-state index contributed by atoms with van der Waals surface area (Å²) in [6.07, 6.45) is 3.10. The Morgan fingerprint density at radius 2 is 0.745 bits per heavy atom. The topological polar surface area (TPSA) is 284 Å². The second kappa shape index (κ2) is 60.9. The van der Waals surface area contributed by atoms with Gasteiger partial charge in [0.05, 0.1) is 150 Å². The molecule has 3 unspecified atom stereocenters. The normalized spacial score (nSPS) is 12.3. The zero-order valence-corrected chi connectivity index (χ0v) is 63.4. The van der Waals surface area contributed by atoms with Gasteiger partial charge in [0.2, 0.25) is 0 Å². The number of aliphatic hydroxyl groups excluding tert-OH is 3. The molecular formula is C72H113Br2ClO23. The lowest BCUT2D eigenvalue weighted by molar-refractivity contribution is -0.156. The first-order chi connectivity index (χ1) is 46.7. The third-order valence-corrected chi connectivity index (χ3v) is 14.4. The standard InChI is InChI=1S/C37H63ClO14.C14H19BrO3.C8H8.C7H12O3.C6H11BrO3/c1-36(2,34(40)51-11-10-39)30-33(32-8-6-5-7-9-32)31-37(3,38)35(41)52-29-28-50-27-26-49-25-24-48-23-22-47-21-20-46-19-18-45-17-16-44-15-14-43-13-12-42-4;1-14(2,13(17)18-9-8-16)10-12(15)11-6-4-3-5-7-11;1-2-8-6-4-3-5-7-8;1-6(2)7(8)10-5-4-9-3;1-6(2,7)5(9)10-4-3-8/h5-9,33,39H,10-31H2,1-4H3;3-7,12,16H,8-10H2,1-2H3;2-7H,1H2;1,4-5H2,2-3H3;8H,3-4H2,1-2H3. The highest BCUT2D eigenvalue weighted by Crippen LogP contribution is 2.40. The summed E-state index contributed by atoms with van der Waals surface area (Å²) in [6, 6.07) is 29.6. The summed E-state index contributed by atoms with van der Waals surface area (Å²) < 4.78 is 77.4. The fourth-order valence-electron chi connectivity index (χ4n) is 7.62. The summed E-state index contributed by atoms with van der Waals surface area (Å²) in [5.41, 5.74) is 2.22. The van der Waals surface area contributed by atoms with E-state index in [0.29, 0.717) is 137 Å². The second-order valence-corrected chi connectivity index (χ2v) is 27.1. The van der Waals surface area contributed by atoms with Crippen LogP contribution in [0.4, 0.5) is 0 Å². The number of halogens is 3. The van der Waals surface area contributed by atoms with Crippen molar-refractivity contribution in [3.8, 4) is 0 Å². The summed E-state index contributed by atoms with van der Waals surface area (Å²) >= 11 is 13.4. The van der Waals surface area contributed by atoms with E-state index in [1.807, 2.05) is 111 Å². The largest absolute Gasteiger partial charge is 0.463 e. The molecule has 0 heterocycles. The monoisotopic (exact) mass is 1540 g/mol. The Kier molecular flexibility index (Phi) is 59.2. The van der Waals surface area contributed by atoms with E-state index in [9.17, 15) is 24.0 Å². The van der Waals surface area contributed by atoms with Crippen molar-refractivity contribution in [1.29, 1.82) is 0 Å². The molecule has 0 aromatic heterocycles. The van der Waals surface area contributed by atoms with E-state index in [-0.39, 0.29) is 87.9 Å². The molecular weight excluding hydrogens is 1430 g/mol. The zero-order valence-electron chi connectivity index (χ0n) is 59.5. The van der Waals surface area contributed by atoms with Gasteiger partial charge in [0, 0.05) is 24.6 Å². The quantitative estimate of drug-likeness (QED) is 0.0156. The number of ether oxygens (including phenoxy) is 15. The second-order valence-electron chi connectivity index (χ2n) is 23.2. The molecule has 3 atom stereocenters. The molecule has 3 N–H and O–H groups in total. The van der Waals surface area contributed by atoms with Gasteiger partial charge in [0.1, 0.15) is 42.2 Å². The Bertz CT molecular complexity index is 2470. The summed E-state index contributed by atoms with van der Waals surface area (Å²) in [4.78, 5) is 57.6. The first-order valence-electron chi connectivity index (χ1n) is 32.4. The van der Waals surface area contributed by atoms with Crippen molar-refractivity contribution in [1.82, 2.24) is 0 Å². The fraction of sp³-hybridized carbons (Fsp3) is 0.625. The van der Waals surface area contributed by atoms with Gasteiger partial charge in [0.15, 0.2) is 0 Å². The van der Waals surface area contributed by atoms with E-state index in [0.717, 1.165) is 11.1 Å². The molecule has 560 valence electrons. The minimum atomic E-state index is -1.33. The van der Waals surface area contributed by atoms with Crippen LogP contribution in [0, 0.1) is 10.8 Å². The third-order valence-electron chi connectivity index (χ3n) is 12.9. The maximum atomic E-state index is 12.9. The average Bonchev–Trinajstić information content (AvgIpc) is 0.883. The van der Waals surface area contributed by atoms with Gasteiger partial charge in [-0.3, -0.25) is 19.2 Å². The zero-order chi connectivity index (χ0) is 73.8. The van der Waals surface area contributed by atoms with Crippen LogP contribution in [0.25, 0.3) is 6.08 Å². The van der Waals surface area contributed by atoms with E-state index in [2.05, 4.69) is 59.2 Å². The van der Waals surface area contributed by atoms with Crippen LogP contribution in [-0.4, -0.2) is 240 Å². The minimum Gasteiger partial charge on any atom is -0.463 e. The number of rotatable bonds is 50. The van der Waals surface area contributed by atoms with Crippen molar-refractivity contribution in [2.24, 2.45) is 10.8 Å². The average molecular weight is 1540 g/mol. The van der Waals surface area contributed by atoms with Gasteiger partial charge in [-0.15, -0.1) is 11.6 Å². The van der Waals surface area contributed by atoms with Crippen LogP contribution in [0.1, 0.15) is 102 Å². The molecule has 3 rings (SSSR count). The highest BCUT2D eigenvalue weighted by Gasteiger charge is 2.40. The number of aliphatic hydroxyl groups is 3. The van der Waals surface area contributed by atoms with Crippen molar-refractivity contribution < 1.29 is 110 Å². The van der Waals surface area contributed by atoms with Crippen molar-refractivity contribution in [2.75, 3.05) is 186 Å². The number of methoxy groups -OCH3 is 2. The van der Waals surface area contributed by atoms with Gasteiger partial charge in [0.25, 0.3) is 0 Å². The van der Waals surface area contributed by atoms with Gasteiger partial charge < -0.3 is 86.4 Å². The lowest BCUT2D eigenvalue weighted by Crippen LogP contribution is -2.36. The number of hydrogen-bond acceptors (Lipinski definition) is 23. The molecule has 0 aliphatic rings. The number of alkyl halides is 3. The van der Waals surface area contributed by atoms with Crippen LogP contribution < -0.4 is 0 Å². The third kappa shape index (κ3) is 53.1. The Morgan fingerprint density at radius 3 is 1.08 bits per heavy atom. The van der Waals surface area contributed by atoms with Crippen LogP contribution >= 0.6 is 43.5 Å². The fourth-order valence-corrected chi connectivity index (χ4v) is 9.09. The summed E-state index contributed by atoms with van der Waals surface area (Å²) in [7, 11) is 3.19. The molecule has 98 heavy (non-hydrogen) atoms. The van der Waals surface area contributed by atoms with E-state index in [4.69, 9.17) is 83.8 Å². The maximum Gasteiger partial charge on any atom is 0.333 e. The Labute approximate surface area is 604 Å².